The highest BCUT2D eigenvalue weighted by molar-refractivity contribution is 5.90. The number of carbonyl (C=O) groups is 4. The van der Waals surface area contributed by atoms with Gasteiger partial charge in [-0.25, -0.2) is 9.59 Å². The fourth-order valence-electron chi connectivity index (χ4n) is 2.36. The molecule has 3 atom stereocenters. The van der Waals surface area contributed by atoms with Crippen molar-refractivity contribution in [2.45, 2.75) is 65.3 Å². The third-order valence-electron chi connectivity index (χ3n) is 3.95. The van der Waals surface area contributed by atoms with Crippen LogP contribution in [0.3, 0.4) is 0 Å². The van der Waals surface area contributed by atoms with Crippen LogP contribution in [-0.4, -0.2) is 46.7 Å². The third-order valence-corrected chi connectivity index (χ3v) is 3.95. The molecule has 166 valence electrons. The quantitative estimate of drug-likeness (QED) is 0.520. The summed E-state index contributed by atoms with van der Waals surface area (Å²) in [5.41, 5.74) is 0.0263. The monoisotopic (exact) mass is 422 g/mol. The molecule has 0 saturated heterocycles. The molecule has 1 aromatic carbocycles. The van der Waals surface area contributed by atoms with Gasteiger partial charge >= 0.3 is 18.0 Å². The molecule has 3 N–H and O–H groups in total. The first-order valence-corrected chi connectivity index (χ1v) is 9.62. The topological polar surface area (TPSA) is 131 Å². The van der Waals surface area contributed by atoms with Crippen LogP contribution in [0.25, 0.3) is 0 Å². The van der Waals surface area contributed by atoms with Crippen molar-refractivity contribution < 1.29 is 33.8 Å². The van der Waals surface area contributed by atoms with Crippen molar-refractivity contribution >= 4 is 23.9 Å². The smallest absolute Gasteiger partial charge is 0.408 e. The van der Waals surface area contributed by atoms with Crippen LogP contribution in [0.1, 0.15) is 46.6 Å². The number of esters is 1. The van der Waals surface area contributed by atoms with Crippen molar-refractivity contribution in [1.82, 2.24) is 10.6 Å². The van der Waals surface area contributed by atoms with E-state index in [2.05, 4.69) is 10.6 Å². The van der Waals surface area contributed by atoms with Crippen LogP contribution in [0.15, 0.2) is 30.3 Å². The van der Waals surface area contributed by atoms with Crippen LogP contribution in [0.4, 0.5) is 4.79 Å². The lowest BCUT2D eigenvalue weighted by molar-refractivity contribution is -0.158. The van der Waals surface area contributed by atoms with E-state index >= 15 is 0 Å². The van der Waals surface area contributed by atoms with Gasteiger partial charge in [0.2, 0.25) is 5.91 Å². The zero-order valence-corrected chi connectivity index (χ0v) is 17.9. The number of ether oxygens (including phenoxy) is 2. The minimum Gasteiger partial charge on any atom is -0.481 e. The maximum atomic E-state index is 12.6. The largest absolute Gasteiger partial charge is 0.481 e. The van der Waals surface area contributed by atoms with Crippen LogP contribution in [0, 0.1) is 5.92 Å². The molecule has 1 aromatic rings. The molecule has 0 bridgehead atoms. The number of alkyl carbamates (subject to hydrolysis) is 1. The van der Waals surface area contributed by atoms with Crippen molar-refractivity contribution in [3.8, 4) is 0 Å². The molecular weight excluding hydrogens is 392 g/mol. The van der Waals surface area contributed by atoms with Crippen LogP contribution < -0.4 is 10.6 Å². The fourth-order valence-corrected chi connectivity index (χ4v) is 2.36. The maximum absolute atomic E-state index is 12.6. The predicted octanol–water partition coefficient (Wildman–Crippen LogP) is 2.24. The summed E-state index contributed by atoms with van der Waals surface area (Å²) in [5.74, 6) is -3.38. The van der Waals surface area contributed by atoms with Gasteiger partial charge in [0.15, 0.2) is 0 Å². The lowest BCUT2D eigenvalue weighted by Crippen LogP contribution is -2.52. The number of benzene rings is 1. The minimum atomic E-state index is -1.20. The van der Waals surface area contributed by atoms with Crippen molar-refractivity contribution in [2.75, 3.05) is 0 Å². The molecule has 1 unspecified atom stereocenters. The summed E-state index contributed by atoms with van der Waals surface area (Å²) in [6.45, 7) is 7.93. The van der Waals surface area contributed by atoms with Crippen molar-refractivity contribution in [3.05, 3.63) is 35.9 Å². The Labute approximate surface area is 176 Å². The average molecular weight is 422 g/mol. The molecule has 0 aromatic heterocycles. The Morgan fingerprint density at radius 3 is 2.17 bits per heavy atom. The van der Waals surface area contributed by atoms with E-state index in [1.54, 1.807) is 45.0 Å². The highest BCUT2D eigenvalue weighted by atomic mass is 16.6. The molecule has 0 spiro atoms. The molecule has 0 heterocycles. The zero-order valence-electron chi connectivity index (χ0n) is 17.9. The second-order valence-corrected chi connectivity index (χ2v) is 8.00. The molecule has 2 amide bonds. The van der Waals surface area contributed by atoms with Crippen LogP contribution in [0.2, 0.25) is 0 Å². The van der Waals surface area contributed by atoms with Gasteiger partial charge in [-0.05, 0) is 39.7 Å². The minimum absolute atomic E-state index is 0.0101. The Morgan fingerprint density at radius 2 is 1.63 bits per heavy atom. The van der Waals surface area contributed by atoms with E-state index in [0.29, 0.717) is 0 Å². The first kappa shape index (κ1) is 24.9. The predicted molar refractivity (Wildman–Crippen MR) is 108 cm³/mol. The lowest BCUT2D eigenvalue weighted by Gasteiger charge is -2.25. The number of carbonyl (C=O) groups excluding carboxylic acids is 3. The lowest BCUT2D eigenvalue weighted by atomic mass is 10.0. The van der Waals surface area contributed by atoms with E-state index in [-0.39, 0.29) is 13.0 Å². The van der Waals surface area contributed by atoms with Gasteiger partial charge in [-0.3, -0.25) is 9.59 Å². The van der Waals surface area contributed by atoms with Crippen molar-refractivity contribution in [2.24, 2.45) is 5.92 Å². The Kier molecular flexibility index (Phi) is 9.29. The third kappa shape index (κ3) is 9.40. The van der Waals surface area contributed by atoms with Crippen molar-refractivity contribution in [3.63, 3.8) is 0 Å². The number of hydrogen-bond donors (Lipinski definition) is 3. The molecule has 0 aliphatic heterocycles. The number of carboxylic acid groups (broad SMARTS) is 1. The van der Waals surface area contributed by atoms with E-state index in [1.807, 2.05) is 6.07 Å². The van der Waals surface area contributed by atoms with Crippen LogP contribution in [-0.2, 0) is 30.5 Å². The molecule has 0 aliphatic carbocycles. The van der Waals surface area contributed by atoms with E-state index in [4.69, 9.17) is 14.6 Å². The Bertz CT molecular complexity index is 743. The van der Waals surface area contributed by atoms with E-state index in [9.17, 15) is 19.2 Å². The zero-order chi connectivity index (χ0) is 22.9. The van der Waals surface area contributed by atoms with E-state index < -0.39 is 47.5 Å². The molecule has 9 heteroatoms. The van der Waals surface area contributed by atoms with E-state index in [0.717, 1.165) is 5.56 Å². The number of carboxylic acids is 1. The van der Waals surface area contributed by atoms with Gasteiger partial charge in [0, 0.05) is 0 Å². The second kappa shape index (κ2) is 11.2. The summed E-state index contributed by atoms with van der Waals surface area (Å²) in [6, 6.07) is 6.76. The van der Waals surface area contributed by atoms with Crippen molar-refractivity contribution in [1.29, 1.82) is 0 Å². The maximum Gasteiger partial charge on any atom is 0.408 e. The van der Waals surface area contributed by atoms with Gasteiger partial charge < -0.3 is 25.2 Å². The second-order valence-electron chi connectivity index (χ2n) is 8.00. The molecule has 30 heavy (non-hydrogen) atoms. The van der Waals surface area contributed by atoms with Gasteiger partial charge in [-0.1, -0.05) is 37.3 Å². The Balaban J connectivity index is 2.75. The highest BCUT2D eigenvalue weighted by Crippen LogP contribution is 2.10. The summed E-state index contributed by atoms with van der Waals surface area (Å²) >= 11 is 0. The number of nitrogens with one attached hydrogen (secondary N) is 2. The number of aliphatic carboxylic acids is 1. The highest BCUT2D eigenvalue weighted by Gasteiger charge is 2.30. The van der Waals surface area contributed by atoms with Crippen LogP contribution >= 0.6 is 0 Å². The number of hydrogen-bond acceptors (Lipinski definition) is 6. The van der Waals surface area contributed by atoms with Gasteiger partial charge in [-0.15, -0.1) is 0 Å². The fraction of sp³-hybridized carbons (Fsp3) is 0.524. The van der Waals surface area contributed by atoms with Gasteiger partial charge in [-0.2, -0.15) is 0 Å². The summed E-state index contributed by atoms with van der Waals surface area (Å²) < 4.78 is 10.3. The molecule has 9 nitrogen and oxygen atoms in total. The van der Waals surface area contributed by atoms with E-state index in [1.165, 1.54) is 13.8 Å². The first-order valence-electron chi connectivity index (χ1n) is 9.62. The molecule has 0 saturated carbocycles. The SMILES string of the molecule is C[C@H](NC(=O)C(C[C@H](C)C(=O)O)NC(=O)OCc1ccccc1)C(=O)OC(C)(C)C. The van der Waals surface area contributed by atoms with Crippen LogP contribution in [0.5, 0.6) is 0 Å². The normalized spacial score (nSPS) is 14.0. The molecule has 0 radical (unpaired) electrons. The Hall–Kier alpha value is -3.10. The summed E-state index contributed by atoms with van der Waals surface area (Å²) in [4.78, 5) is 48.0. The molecular formula is C21H30N2O7. The Morgan fingerprint density at radius 1 is 1.03 bits per heavy atom. The summed E-state index contributed by atoms with van der Waals surface area (Å²) in [7, 11) is 0. The first-order chi connectivity index (χ1) is 13.9. The molecule has 0 aliphatic rings. The summed E-state index contributed by atoms with van der Waals surface area (Å²) in [6.07, 6.45) is -1.05. The van der Waals surface area contributed by atoms with Gasteiger partial charge in [0.25, 0.3) is 0 Å². The molecule has 0 fully saturated rings. The standard InChI is InChI=1S/C21H30N2O7/c1-13(18(25)26)11-16(17(24)22-14(2)19(27)30-21(3,4)5)23-20(28)29-12-15-9-7-6-8-10-15/h6-10,13-14,16H,11-12H2,1-5H3,(H,22,24)(H,23,28)(H,25,26)/t13-,14-,16?/m0/s1. The summed E-state index contributed by atoms with van der Waals surface area (Å²) in [5, 5.41) is 14.0. The number of amides is 2. The number of rotatable bonds is 9. The molecule has 1 rings (SSSR count). The average Bonchev–Trinajstić information content (AvgIpc) is 2.65. The van der Waals surface area contributed by atoms with Gasteiger partial charge in [0.05, 0.1) is 5.92 Å². The van der Waals surface area contributed by atoms with Gasteiger partial charge in [0.1, 0.15) is 24.3 Å².